The topological polar surface area (TPSA) is 64.6 Å². The fourth-order valence-electron chi connectivity index (χ4n) is 4.35. The number of hydrogen-bond acceptors (Lipinski definition) is 6. The molecule has 0 radical (unpaired) electrons. The van der Waals surface area contributed by atoms with Crippen LogP contribution in [-0.4, -0.2) is 83.6 Å². The van der Waals surface area contributed by atoms with Crippen LogP contribution >= 0.6 is 0 Å². The molecular formula is C20H32N6O. The van der Waals surface area contributed by atoms with E-state index in [1.807, 2.05) is 6.92 Å². The number of anilines is 1. The first-order chi connectivity index (χ1) is 13.2. The molecule has 2 aliphatic heterocycles. The van der Waals surface area contributed by atoms with Crippen molar-refractivity contribution in [1.29, 1.82) is 0 Å². The van der Waals surface area contributed by atoms with E-state index in [9.17, 15) is 4.79 Å². The van der Waals surface area contributed by atoms with E-state index in [0.717, 1.165) is 57.3 Å². The molecule has 0 unspecified atom stereocenters. The van der Waals surface area contributed by atoms with Crippen molar-refractivity contribution in [2.45, 2.75) is 51.1 Å². The van der Waals surface area contributed by atoms with Crippen LogP contribution in [0.3, 0.4) is 0 Å². The number of likely N-dealkylation sites (tertiary alicyclic amines) is 1. The summed E-state index contributed by atoms with van der Waals surface area (Å²) in [6, 6.07) is 3.42. The number of nitrogens with one attached hydrogen (secondary N) is 1. The lowest BCUT2D eigenvalue weighted by molar-refractivity contribution is -0.120. The molecule has 1 aliphatic carbocycles. The van der Waals surface area contributed by atoms with Crippen molar-refractivity contribution < 1.29 is 4.79 Å². The number of aryl methyl sites for hydroxylation is 1. The van der Waals surface area contributed by atoms with Crippen molar-refractivity contribution in [3.63, 3.8) is 0 Å². The normalized spacial score (nSPS) is 23.1. The zero-order valence-corrected chi connectivity index (χ0v) is 16.4. The monoisotopic (exact) mass is 372 g/mol. The van der Waals surface area contributed by atoms with Crippen molar-refractivity contribution in [1.82, 2.24) is 25.1 Å². The van der Waals surface area contributed by atoms with Crippen molar-refractivity contribution >= 4 is 11.7 Å². The molecule has 27 heavy (non-hydrogen) atoms. The number of carbonyl (C=O) groups excluding carboxylic acids is 1. The molecule has 0 spiro atoms. The van der Waals surface area contributed by atoms with Gasteiger partial charge in [-0.05, 0) is 32.6 Å². The number of nitrogens with zero attached hydrogens (tertiary/aromatic N) is 5. The van der Waals surface area contributed by atoms with Gasteiger partial charge in [-0.1, -0.05) is 0 Å². The molecule has 1 amide bonds. The average Bonchev–Trinajstić information content (AvgIpc) is 3.51. The molecule has 0 atom stereocenters. The third-order valence-corrected chi connectivity index (χ3v) is 6.08. The first-order valence-corrected chi connectivity index (χ1v) is 10.5. The summed E-state index contributed by atoms with van der Waals surface area (Å²) in [6.45, 7) is 9.19. The summed E-state index contributed by atoms with van der Waals surface area (Å²) in [5.74, 6) is 1.31. The van der Waals surface area contributed by atoms with Gasteiger partial charge in [0.2, 0.25) is 5.91 Å². The quantitative estimate of drug-likeness (QED) is 0.805. The number of carbonyl (C=O) groups is 1. The summed E-state index contributed by atoms with van der Waals surface area (Å²) in [6.07, 6.45) is 7.35. The van der Waals surface area contributed by atoms with E-state index in [1.165, 1.54) is 25.7 Å². The fourth-order valence-corrected chi connectivity index (χ4v) is 4.35. The van der Waals surface area contributed by atoms with Gasteiger partial charge in [0.1, 0.15) is 12.1 Å². The highest BCUT2D eigenvalue weighted by Crippen LogP contribution is 2.35. The number of amides is 1. The Hall–Kier alpha value is -1.73. The van der Waals surface area contributed by atoms with Crippen LogP contribution in [0.2, 0.25) is 0 Å². The standard InChI is InChI=1S/C20H32N6O/c1-16-14-19(23-15-22-16)26(17-2-3-17)18-4-8-24(9-5-18)12-13-25-10-6-20(27)21-7-11-25/h14-15,17-18H,2-13H2,1H3,(H,21,27). The maximum absolute atomic E-state index is 11.5. The van der Waals surface area contributed by atoms with E-state index < -0.39 is 0 Å². The molecule has 148 valence electrons. The van der Waals surface area contributed by atoms with Crippen molar-refractivity contribution in [2.75, 3.05) is 50.7 Å². The Balaban J connectivity index is 1.27. The molecule has 1 aromatic heterocycles. The molecule has 1 aromatic rings. The third-order valence-electron chi connectivity index (χ3n) is 6.08. The van der Waals surface area contributed by atoms with E-state index in [4.69, 9.17) is 0 Å². The van der Waals surface area contributed by atoms with E-state index in [1.54, 1.807) is 6.33 Å². The minimum atomic E-state index is 0.193. The van der Waals surface area contributed by atoms with Crippen LogP contribution in [0.5, 0.6) is 0 Å². The van der Waals surface area contributed by atoms with Crippen molar-refractivity contribution in [2.24, 2.45) is 0 Å². The summed E-state index contributed by atoms with van der Waals surface area (Å²) >= 11 is 0. The maximum Gasteiger partial charge on any atom is 0.221 e. The summed E-state index contributed by atoms with van der Waals surface area (Å²) in [7, 11) is 0. The smallest absolute Gasteiger partial charge is 0.221 e. The van der Waals surface area contributed by atoms with Gasteiger partial charge < -0.3 is 15.1 Å². The van der Waals surface area contributed by atoms with Crippen LogP contribution in [0.1, 0.15) is 37.8 Å². The predicted molar refractivity (Wildman–Crippen MR) is 106 cm³/mol. The number of piperidine rings is 1. The minimum absolute atomic E-state index is 0.193. The van der Waals surface area contributed by atoms with Gasteiger partial charge in [0, 0.05) is 76.1 Å². The Morgan fingerprint density at radius 2 is 1.74 bits per heavy atom. The highest BCUT2D eigenvalue weighted by atomic mass is 16.1. The Morgan fingerprint density at radius 1 is 1.04 bits per heavy atom. The molecule has 3 aliphatic rings. The molecule has 4 rings (SSSR count). The molecular weight excluding hydrogens is 340 g/mol. The first kappa shape index (κ1) is 18.6. The fraction of sp³-hybridized carbons (Fsp3) is 0.750. The lowest BCUT2D eigenvalue weighted by atomic mass is 10.0. The largest absolute Gasteiger partial charge is 0.355 e. The van der Waals surface area contributed by atoms with Crippen LogP contribution in [0.4, 0.5) is 5.82 Å². The van der Waals surface area contributed by atoms with Crippen LogP contribution in [0, 0.1) is 6.92 Å². The van der Waals surface area contributed by atoms with Crippen LogP contribution in [-0.2, 0) is 4.79 Å². The molecule has 7 heteroatoms. The second-order valence-corrected chi connectivity index (χ2v) is 8.17. The van der Waals surface area contributed by atoms with Crippen molar-refractivity contribution in [3.8, 4) is 0 Å². The second-order valence-electron chi connectivity index (χ2n) is 8.17. The number of rotatable bonds is 6. The lowest BCUT2D eigenvalue weighted by Gasteiger charge is -2.40. The van der Waals surface area contributed by atoms with E-state index in [0.29, 0.717) is 18.5 Å². The summed E-state index contributed by atoms with van der Waals surface area (Å²) in [4.78, 5) is 27.9. The third kappa shape index (κ3) is 4.96. The zero-order chi connectivity index (χ0) is 18.6. The van der Waals surface area contributed by atoms with Crippen LogP contribution in [0.15, 0.2) is 12.4 Å². The van der Waals surface area contributed by atoms with E-state index >= 15 is 0 Å². The van der Waals surface area contributed by atoms with Crippen molar-refractivity contribution in [3.05, 3.63) is 18.1 Å². The highest BCUT2D eigenvalue weighted by molar-refractivity contribution is 5.76. The molecule has 3 fully saturated rings. The average molecular weight is 373 g/mol. The SMILES string of the molecule is Cc1cc(N(C2CC2)C2CCN(CCN3CCNC(=O)CC3)CC2)ncn1. The molecule has 2 saturated heterocycles. The lowest BCUT2D eigenvalue weighted by Crippen LogP contribution is -2.48. The van der Waals surface area contributed by atoms with Gasteiger partial charge in [-0.3, -0.25) is 9.69 Å². The number of hydrogen-bond donors (Lipinski definition) is 1. The van der Waals surface area contributed by atoms with Gasteiger partial charge in [0.15, 0.2) is 0 Å². The molecule has 1 saturated carbocycles. The Morgan fingerprint density at radius 3 is 2.44 bits per heavy atom. The minimum Gasteiger partial charge on any atom is -0.355 e. The Bertz CT molecular complexity index is 641. The van der Waals surface area contributed by atoms with Gasteiger partial charge in [0.05, 0.1) is 0 Å². The van der Waals surface area contributed by atoms with E-state index in [-0.39, 0.29) is 5.91 Å². The maximum atomic E-state index is 11.5. The highest BCUT2D eigenvalue weighted by Gasteiger charge is 2.36. The Labute approximate surface area is 162 Å². The molecule has 1 N–H and O–H groups in total. The van der Waals surface area contributed by atoms with Gasteiger partial charge in [-0.25, -0.2) is 9.97 Å². The summed E-state index contributed by atoms with van der Waals surface area (Å²) in [5.41, 5.74) is 1.05. The summed E-state index contributed by atoms with van der Waals surface area (Å²) in [5, 5.41) is 2.96. The van der Waals surface area contributed by atoms with Gasteiger partial charge in [0.25, 0.3) is 0 Å². The molecule has 0 bridgehead atoms. The summed E-state index contributed by atoms with van der Waals surface area (Å²) < 4.78 is 0. The molecule has 7 nitrogen and oxygen atoms in total. The predicted octanol–water partition coefficient (Wildman–Crippen LogP) is 1.04. The van der Waals surface area contributed by atoms with Gasteiger partial charge in [-0.15, -0.1) is 0 Å². The first-order valence-electron chi connectivity index (χ1n) is 10.5. The Kier molecular flexibility index (Phi) is 5.88. The van der Waals surface area contributed by atoms with Crippen LogP contribution < -0.4 is 10.2 Å². The molecule has 3 heterocycles. The van der Waals surface area contributed by atoms with Crippen LogP contribution in [0.25, 0.3) is 0 Å². The zero-order valence-electron chi connectivity index (χ0n) is 16.4. The van der Waals surface area contributed by atoms with Gasteiger partial charge in [-0.2, -0.15) is 0 Å². The number of aromatic nitrogens is 2. The second kappa shape index (κ2) is 8.52. The van der Waals surface area contributed by atoms with Gasteiger partial charge >= 0.3 is 0 Å². The molecule has 0 aromatic carbocycles. The van der Waals surface area contributed by atoms with E-state index in [2.05, 4.69) is 36.1 Å².